The van der Waals surface area contributed by atoms with Gasteiger partial charge in [0.2, 0.25) is 5.91 Å². The van der Waals surface area contributed by atoms with Crippen LogP contribution in [-0.4, -0.2) is 40.8 Å². The van der Waals surface area contributed by atoms with Gasteiger partial charge in [0.1, 0.15) is 5.76 Å². The van der Waals surface area contributed by atoms with Crippen LogP contribution in [0.4, 0.5) is 0 Å². The summed E-state index contributed by atoms with van der Waals surface area (Å²) in [6.07, 6.45) is 2.83. The van der Waals surface area contributed by atoms with Gasteiger partial charge in [0.05, 0.1) is 12.1 Å². The maximum Gasteiger partial charge on any atom is 0.224 e. The second-order valence-electron chi connectivity index (χ2n) is 4.21. The van der Waals surface area contributed by atoms with Crippen LogP contribution in [0.3, 0.4) is 0 Å². The Labute approximate surface area is 111 Å². The molecule has 1 aromatic rings. The molecule has 1 heterocycles. The largest absolute Gasteiger partial charge is 0.396 e. The highest BCUT2D eigenvalue weighted by atomic mass is 32.2. The molecule has 1 aromatic heterocycles. The number of rotatable bonds is 7. The van der Waals surface area contributed by atoms with Crippen LogP contribution in [-0.2, 0) is 11.2 Å². The van der Waals surface area contributed by atoms with E-state index in [2.05, 4.69) is 10.5 Å². The normalized spacial score (nSPS) is 12.4. The molecule has 6 heteroatoms. The van der Waals surface area contributed by atoms with Crippen molar-refractivity contribution in [2.75, 3.05) is 18.6 Å². The predicted molar refractivity (Wildman–Crippen MR) is 71.7 cm³/mol. The number of nitrogens with one attached hydrogen (secondary N) is 1. The lowest BCUT2D eigenvalue weighted by molar-refractivity contribution is -0.121. The van der Waals surface area contributed by atoms with Gasteiger partial charge in [0.15, 0.2) is 0 Å². The molecular formula is C12H20N2O3S. The second kappa shape index (κ2) is 7.43. The predicted octanol–water partition coefficient (Wildman–Crippen LogP) is 1.06. The number of aryl methyl sites for hydroxylation is 2. The Morgan fingerprint density at radius 3 is 2.78 bits per heavy atom. The average molecular weight is 272 g/mol. The zero-order chi connectivity index (χ0) is 13.5. The van der Waals surface area contributed by atoms with E-state index in [9.17, 15) is 4.79 Å². The number of aliphatic hydroxyl groups excluding tert-OH is 1. The molecule has 0 aliphatic carbocycles. The van der Waals surface area contributed by atoms with Crippen molar-refractivity contribution in [2.45, 2.75) is 32.7 Å². The van der Waals surface area contributed by atoms with Gasteiger partial charge in [-0.3, -0.25) is 4.79 Å². The molecule has 2 N–H and O–H groups in total. The lowest BCUT2D eigenvalue weighted by Gasteiger charge is -2.16. The van der Waals surface area contributed by atoms with E-state index >= 15 is 0 Å². The highest BCUT2D eigenvalue weighted by Crippen LogP contribution is 2.13. The van der Waals surface area contributed by atoms with E-state index in [1.54, 1.807) is 18.7 Å². The van der Waals surface area contributed by atoms with Crippen LogP contribution in [0.5, 0.6) is 0 Å². The fraction of sp³-hybridized carbons (Fsp3) is 0.667. The van der Waals surface area contributed by atoms with Crippen molar-refractivity contribution in [3.63, 3.8) is 0 Å². The van der Waals surface area contributed by atoms with E-state index in [4.69, 9.17) is 9.63 Å². The topological polar surface area (TPSA) is 75.4 Å². The molecule has 0 spiro atoms. The van der Waals surface area contributed by atoms with Crippen molar-refractivity contribution in [2.24, 2.45) is 0 Å². The van der Waals surface area contributed by atoms with Gasteiger partial charge in [0.25, 0.3) is 0 Å². The Balaban J connectivity index is 2.54. The summed E-state index contributed by atoms with van der Waals surface area (Å²) >= 11 is 1.65. The summed E-state index contributed by atoms with van der Waals surface area (Å²) in [6, 6.07) is 0.0120. The van der Waals surface area contributed by atoms with Crippen LogP contribution < -0.4 is 5.32 Å². The molecular weight excluding hydrogens is 252 g/mol. The summed E-state index contributed by atoms with van der Waals surface area (Å²) < 4.78 is 5.02. The van der Waals surface area contributed by atoms with Crippen molar-refractivity contribution >= 4 is 17.7 Å². The maximum absolute atomic E-state index is 11.9. The number of thioether (sulfide) groups is 1. The third-order valence-electron chi connectivity index (χ3n) is 2.73. The van der Waals surface area contributed by atoms with E-state index < -0.39 is 0 Å². The molecule has 0 saturated heterocycles. The van der Waals surface area contributed by atoms with Crippen LogP contribution >= 0.6 is 11.8 Å². The number of amides is 1. The quantitative estimate of drug-likeness (QED) is 0.776. The highest BCUT2D eigenvalue weighted by Gasteiger charge is 2.16. The lowest BCUT2D eigenvalue weighted by Crippen LogP contribution is -2.38. The summed E-state index contributed by atoms with van der Waals surface area (Å²) in [5.74, 6) is 1.43. The Morgan fingerprint density at radius 2 is 2.28 bits per heavy atom. The zero-order valence-corrected chi connectivity index (χ0v) is 11.8. The number of hydrogen-bond donors (Lipinski definition) is 2. The molecule has 0 bridgehead atoms. The molecule has 1 amide bonds. The van der Waals surface area contributed by atoms with Gasteiger partial charge < -0.3 is 14.9 Å². The summed E-state index contributed by atoms with van der Waals surface area (Å²) in [6.45, 7) is 3.71. The molecule has 1 unspecified atom stereocenters. The molecule has 0 aliphatic rings. The van der Waals surface area contributed by atoms with E-state index in [1.165, 1.54) is 0 Å². The van der Waals surface area contributed by atoms with E-state index in [0.717, 1.165) is 17.0 Å². The Hall–Kier alpha value is -1.01. The van der Waals surface area contributed by atoms with E-state index in [0.29, 0.717) is 12.2 Å². The Bertz CT molecular complexity index is 367. The fourth-order valence-corrected chi connectivity index (χ4v) is 2.40. The first kappa shape index (κ1) is 15.0. The van der Waals surface area contributed by atoms with E-state index in [-0.39, 0.29) is 25.0 Å². The van der Waals surface area contributed by atoms with Gasteiger partial charge in [-0.15, -0.1) is 0 Å². The summed E-state index contributed by atoms with van der Waals surface area (Å²) in [4.78, 5) is 11.9. The Morgan fingerprint density at radius 1 is 1.56 bits per heavy atom. The van der Waals surface area contributed by atoms with Gasteiger partial charge in [-0.25, -0.2) is 0 Å². The molecule has 0 saturated carbocycles. The van der Waals surface area contributed by atoms with Crippen LogP contribution in [0.1, 0.15) is 23.4 Å². The molecule has 1 atom stereocenters. The first-order valence-electron chi connectivity index (χ1n) is 5.89. The molecule has 0 fully saturated rings. The van der Waals surface area contributed by atoms with Crippen molar-refractivity contribution in [3.05, 3.63) is 17.0 Å². The maximum atomic E-state index is 11.9. The molecule has 1 rings (SSSR count). The number of hydrogen-bond acceptors (Lipinski definition) is 5. The minimum absolute atomic E-state index is 0.0120. The van der Waals surface area contributed by atoms with Gasteiger partial charge >= 0.3 is 0 Å². The SMILES string of the molecule is CSCC(CCO)NC(=O)Cc1c(C)noc1C. The highest BCUT2D eigenvalue weighted by molar-refractivity contribution is 7.98. The smallest absolute Gasteiger partial charge is 0.224 e. The fourth-order valence-electron chi connectivity index (χ4n) is 1.75. The monoisotopic (exact) mass is 272 g/mol. The van der Waals surface area contributed by atoms with Gasteiger partial charge in [-0.1, -0.05) is 5.16 Å². The van der Waals surface area contributed by atoms with Crippen molar-refractivity contribution < 1.29 is 14.4 Å². The molecule has 18 heavy (non-hydrogen) atoms. The molecule has 0 aliphatic heterocycles. The molecule has 102 valence electrons. The summed E-state index contributed by atoms with van der Waals surface area (Å²) in [5, 5.41) is 15.7. The summed E-state index contributed by atoms with van der Waals surface area (Å²) in [5.41, 5.74) is 1.60. The number of aromatic nitrogens is 1. The third kappa shape index (κ3) is 4.34. The second-order valence-corrected chi connectivity index (χ2v) is 5.12. The molecule has 0 radical (unpaired) electrons. The van der Waals surface area contributed by atoms with Crippen molar-refractivity contribution in [3.8, 4) is 0 Å². The van der Waals surface area contributed by atoms with Crippen LogP contribution in [0.2, 0.25) is 0 Å². The van der Waals surface area contributed by atoms with Crippen molar-refractivity contribution in [1.82, 2.24) is 10.5 Å². The number of carbonyl (C=O) groups is 1. The average Bonchev–Trinajstić information content (AvgIpc) is 2.61. The first-order chi connectivity index (χ1) is 8.58. The first-order valence-corrected chi connectivity index (χ1v) is 7.28. The standard InChI is InChI=1S/C12H20N2O3S/c1-8-11(9(2)17-14-8)6-12(16)13-10(4-5-15)7-18-3/h10,15H,4-7H2,1-3H3,(H,13,16). The minimum Gasteiger partial charge on any atom is -0.396 e. The summed E-state index contributed by atoms with van der Waals surface area (Å²) in [7, 11) is 0. The minimum atomic E-state index is -0.0584. The Kier molecular flexibility index (Phi) is 6.21. The van der Waals surface area contributed by atoms with Gasteiger partial charge in [-0.05, 0) is 26.5 Å². The zero-order valence-electron chi connectivity index (χ0n) is 11.0. The van der Waals surface area contributed by atoms with Gasteiger partial charge in [0, 0.05) is 24.0 Å². The lowest BCUT2D eigenvalue weighted by atomic mass is 10.1. The number of carbonyl (C=O) groups excluding carboxylic acids is 1. The number of aliphatic hydroxyl groups is 1. The number of nitrogens with zero attached hydrogens (tertiary/aromatic N) is 1. The van der Waals surface area contributed by atoms with Crippen LogP contribution in [0, 0.1) is 13.8 Å². The van der Waals surface area contributed by atoms with E-state index in [1.807, 2.05) is 13.2 Å². The molecule has 0 aromatic carbocycles. The van der Waals surface area contributed by atoms with Crippen LogP contribution in [0.15, 0.2) is 4.52 Å². The third-order valence-corrected chi connectivity index (χ3v) is 3.46. The van der Waals surface area contributed by atoms with Crippen molar-refractivity contribution in [1.29, 1.82) is 0 Å². The van der Waals surface area contributed by atoms with Gasteiger partial charge in [-0.2, -0.15) is 11.8 Å². The van der Waals surface area contributed by atoms with Crippen LogP contribution in [0.25, 0.3) is 0 Å². The molecule has 5 nitrogen and oxygen atoms in total.